The van der Waals surface area contributed by atoms with Crippen molar-refractivity contribution in [2.75, 3.05) is 0 Å². The average Bonchev–Trinajstić information content (AvgIpc) is 2.39. The second kappa shape index (κ2) is 5.49. The lowest BCUT2D eigenvalue weighted by Gasteiger charge is -2.04. The van der Waals surface area contributed by atoms with Crippen molar-refractivity contribution < 1.29 is 14.7 Å². The monoisotopic (exact) mass is 275 g/mol. The first-order valence-electron chi connectivity index (χ1n) is 5.20. The van der Waals surface area contributed by atoms with Gasteiger partial charge in [-0.3, -0.25) is 4.79 Å². The Kier molecular flexibility index (Phi) is 3.76. The van der Waals surface area contributed by atoms with Crippen LogP contribution in [0.5, 0.6) is 0 Å². The number of pyridine rings is 2. The minimum absolute atomic E-state index is 0.0977. The molecule has 0 unspecified atom stereocenters. The van der Waals surface area contributed by atoms with Gasteiger partial charge in [-0.2, -0.15) is 0 Å². The zero-order chi connectivity index (χ0) is 13.8. The van der Waals surface area contributed by atoms with Crippen LogP contribution in [0.3, 0.4) is 0 Å². The number of carbonyl (C=O) groups is 2. The minimum atomic E-state index is -1.04. The summed E-state index contributed by atoms with van der Waals surface area (Å²) in [6.45, 7) is 0. The highest BCUT2D eigenvalue weighted by molar-refractivity contribution is 7.99. The number of hydrogen-bond acceptors (Lipinski definition) is 5. The first kappa shape index (κ1) is 13.0. The van der Waals surface area contributed by atoms with Crippen molar-refractivity contribution in [1.29, 1.82) is 0 Å². The molecule has 0 aromatic carbocycles. The number of hydrogen-bond donors (Lipinski definition) is 2. The highest BCUT2D eigenvalue weighted by Crippen LogP contribution is 2.26. The van der Waals surface area contributed by atoms with Gasteiger partial charge in [-0.05, 0) is 36.0 Å². The van der Waals surface area contributed by atoms with Crippen molar-refractivity contribution in [1.82, 2.24) is 9.97 Å². The van der Waals surface area contributed by atoms with Gasteiger partial charge in [0.2, 0.25) is 0 Å². The summed E-state index contributed by atoms with van der Waals surface area (Å²) in [4.78, 5) is 30.0. The Balaban J connectivity index is 2.26. The lowest BCUT2D eigenvalue weighted by molar-refractivity contribution is 0.0696. The van der Waals surface area contributed by atoms with E-state index < -0.39 is 11.9 Å². The number of carbonyl (C=O) groups excluding carboxylic acids is 1. The van der Waals surface area contributed by atoms with Crippen molar-refractivity contribution >= 4 is 23.6 Å². The number of carboxylic acids is 1. The first-order valence-corrected chi connectivity index (χ1v) is 6.01. The number of nitrogens with two attached hydrogens (primary N) is 1. The first-order chi connectivity index (χ1) is 9.08. The van der Waals surface area contributed by atoms with E-state index in [1.165, 1.54) is 12.3 Å². The predicted octanol–water partition coefficient (Wildman–Crippen LogP) is 1.42. The molecular formula is C12H9N3O3S. The molecule has 0 aliphatic carbocycles. The molecule has 19 heavy (non-hydrogen) atoms. The summed E-state index contributed by atoms with van der Waals surface area (Å²) in [6.07, 6.45) is 2.79. The van der Waals surface area contributed by atoms with E-state index >= 15 is 0 Å². The van der Waals surface area contributed by atoms with Crippen LogP contribution in [-0.2, 0) is 0 Å². The molecule has 2 heterocycles. The van der Waals surface area contributed by atoms with Gasteiger partial charge in [0.05, 0.1) is 11.1 Å². The standard InChI is InChI=1S/C12H9N3O3S/c13-10(16)8-2-1-5-14-11(8)19-9-4-3-7(6-15-9)12(17)18/h1-6H,(H2,13,16)(H,17,18). The van der Waals surface area contributed by atoms with Gasteiger partial charge in [0.25, 0.3) is 5.91 Å². The maximum absolute atomic E-state index is 11.2. The normalized spacial score (nSPS) is 10.1. The minimum Gasteiger partial charge on any atom is -0.478 e. The number of carboxylic acid groups (broad SMARTS) is 1. The van der Waals surface area contributed by atoms with E-state index in [2.05, 4.69) is 9.97 Å². The van der Waals surface area contributed by atoms with Crippen LogP contribution in [-0.4, -0.2) is 27.0 Å². The van der Waals surface area contributed by atoms with E-state index in [1.807, 2.05) is 0 Å². The Labute approximate surface area is 112 Å². The van der Waals surface area contributed by atoms with E-state index in [0.29, 0.717) is 15.6 Å². The summed E-state index contributed by atoms with van der Waals surface area (Å²) < 4.78 is 0. The molecule has 0 spiro atoms. The van der Waals surface area contributed by atoms with Crippen LogP contribution in [0, 0.1) is 0 Å². The smallest absolute Gasteiger partial charge is 0.337 e. The maximum Gasteiger partial charge on any atom is 0.337 e. The molecule has 2 aromatic heterocycles. The highest BCUT2D eigenvalue weighted by Gasteiger charge is 2.11. The van der Waals surface area contributed by atoms with Gasteiger partial charge >= 0.3 is 5.97 Å². The zero-order valence-corrected chi connectivity index (χ0v) is 10.4. The quantitative estimate of drug-likeness (QED) is 0.874. The van der Waals surface area contributed by atoms with Crippen molar-refractivity contribution in [3.63, 3.8) is 0 Å². The van der Waals surface area contributed by atoms with Gasteiger partial charge in [-0.1, -0.05) is 0 Å². The molecule has 1 amide bonds. The van der Waals surface area contributed by atoms with E-state index in [-0.39, 0.29) is 5.56 Å². The molecule has 0 fully saturated rings. The van der Waals surface area contributed by atoms with Crippen molar-refractivity contribution in [2.24, 2.45) is 5.73 Å². The molecule has 0 aliphatic heterocycles. The number of primary amides is 1. The highest BCUT2D eigenvalue weighted by atomic mass is 32.2. The average molecular weight is 275 g/mol. The topological polar surface area (TPSA) is 106 Å². The molecule has 0 saturated carbocycles. The van der Waals surface area contributed by atoms with Crippen molar-refractivity contribution in [3.05, 3.63) is 47.8 Å². The molecule has 7 heteroatoms. The molecule has 0 atom stereocenters. The van der Waals surface area contributed by atoms with E-state index in [9.17, 15) is 9.59 Å². The number of aromatic nitrogens is 2. The third-order valence-electron chi connectivity index (χ3n) is 2.22. The number of aromatic carboxylic acids is 1. The second-order valence-electron chi connectivity index (χ2n) is 3.51. The van der Waals surface area contributed by atoms with Gasteiger partial charge < -0.3 is 10.8 Å². The number of rotatable bonds is 4. The van der Waals surface area contributed by atoms with Gasteiger partial charge in [0, 0.05) is 12.4 Å². The Morgan fingerprint density at radius 2 is 2.00 bits per heavy atom. The van der Waals surface area contributed by atoms with Crippen LogP contribution < -0.4 is 5.73 Å². The molecule has 3 N–H and O–H groups in total. The third-order valence-corrected chi connectivity index (χ3v) is 3.19. The van der Waals surface area contributed by atoms with E-state index in [0.717, 1.165) is 11.8 Å². The van der Waals surface area contributed by atoms with E-state index in [4.69, 9.17) is 10.8 Å². The fourth-order valence-electron chi connectivity index (χ4n) is 1.33. The van der Waals surface area contributed by atoms with Gasteiger partial charge in [-0.25, -0.2) is 14.8 Å². The van der Waals surface area contributed by atoms with E-state index in [1.54, 1.807) is 24.4 Å². The number of amides is 1. The Hall–Kier alpha value is -2.41. The summed E-state index contributed by atoms with van der Waals surface area (Å²) in [6, 6.07) is 6.17. The lowest BCUT2D eigenvalue weighted by atomic mass is 10.3. The summed E-state index contributed by atoms with van der Waals surface area (Å²) >= 11 is 1.15. The zero-order valence-electron chi connectivity index (χ0n) is 9.61. The van der Waals surface area contributed by atoms with Crippen LogP contribution in [0.2, 0.25) is 0 Å². The summed E-state index contributed by atoms with van der Waals surface area (Å²) in [5, 5.41) is 9.73. The van der Waals surface area contributed by atoms with Crippen LogP contribution in [0.25, 0.3) is 0 Å². The Morgan fingerprint density at radius 1 is 1.21 bits per heavy atom. The molecular weight excluding hydrogens is 266 g/mol. The van der Waals surface area contributed by atoms with Gasteiger partial charge in [0.1, 0.15) is 10.1 Å². The van der Waals surface area contributed by atoms with Crippen LogP contribution in [0.15, 0.2) is 46.7 Å². The fourth-order valence-corrected chi connectivity index (χ4v) is 2.16. The van der Waals surface area contributed by atoms with Crippen molar-refractivity contribution in [3.8, 4) is 0 Å². The lowest BCUT2D eigenvalue weighted by Crippen LogP contribution is -2.12. The molecule has 0 saturated heterocycles. The summed E-state index contributed by atoms with van der Waals surface area (Å²) in [7, 11) is 0. The molecule has 0 bridgehead atoms. The number of nitrogens with zero attached hydrogens (tertiary/aromatic N) is 2. The molecule has 6 nitrogen and oxygen atoms in total. The van der Waals surface area contributed by atoms with Crippen molar-refractivity contribution in [2.45, 2.75) is 10.1 Å². The fraction of sp³-hybridized carbons (Fsp3) is 0. The second-order valence-corrected chi connectivity index (χ2v) is 4.52. The molecule has 0 aliphatic rings. The Morgan fingerprint density at radius 3 is 2.58 bits per heavy atom. The summed E-state index contributed by atoms with van der Waals surface area (Å²) in [5.41, 5.74) is 5.64. The predicted molar refractivity (Wildman–Crippen MR) is 68.1 cm³/mol. The SMILES string of the molecule is NC(=O)c1cccnc1Sc1ccc(C(=O)O)cn1. The third kappa shape index (κ3) is 3.08. The molecule has 96 valence electrons. The molecule has 0 radical (unpaired) electrons. The molecule has 2 rings (SSSR count). The van der Waals surface area contributed by atoms with Crippen LogP contribution >= 0.6 is 11.8 Å². The van der Waals surface area contributed by atoms with Crippen LogP contribution in [0.4, 0.5) is 0 Å². The maximum atomic E-state index is 11.2. The summed E-state index contributed by atoms with van der Waals surface area (Å²) in [5.74, 6) is -1.61. The Bertz CT molecular complexity index is 628. The van der Waals surface area contributed by atoms with Gasteiger partial charge in [0.15, 0.2) is 0 Å². The molecule has 2 aromatic rings. The largest absolute Gasteiger partial charge is 0.478 e. The van der Waals surface area contributed by atoms with Crippen LogP contribution in [0.1, 0.15) is 20.7 Å². The van der Waals surface area contributed by atoms with Gasteiger partial charge in [-0.15, -0.1) is 0 Å².